The van der Waals surface area contributed by atoms with E-state index in [1.807, 2.05) is 12.3 Å². The first-order valence-corrected chi connectivity index (χ1v) is 6.69. The summed E-state index contributed by atoms with van der Waals surface area (Å²) in [5.41, 5.74) is 2.40. The summed E-state index contributed by atoms with van der Waals surface area (Å²) in [5.74, 6) is 0. The Morgan fingerprint density at radius 3 is 2.94 bits per heavy atom. The molecule has 0 spiro atoms. The third kappa shape index (κ3) is 4.05. The fraction of sp³-hybridized carbons (Fsp3) is 0.643. The van der Waals surface area contributed by atoms with Crippen molar-refractivity contribution in [2.24, 2.45) is 0 Å². The van der Waals surface area contributed by atoms with Gasteiger partial charge in [0.2, 0.25) is 0 Å². The molecule has 1 aromatic heterocycles. The highest BCUT2D eigenvalue weighted by atomic mass is 16.5. The number of morpholine rings is 1. The Kier molecular flexibility index (Phi) is 5.11. The summed E-state index contributed by atoms with van der Waals surface area (Å²) in [5, 5.41) is 3.56. The summed E-state index contributed by atoms with van der Waals surface area (Å²) < 4.78 is 5.36. The minimum absolute atomic E-state index is 0.489. The van der Waals surface area contributed by atoms with Crippen molar-refractivity contribution >= 4 is 0 Å². The summed E-state index contributed by atoms with van der Waals surface area (Å²) in [7, 11) is 0. The highest BCUT2D eigenvalue weighted by Crippen LogP contribution is 2.04. The van der Waals surface area contributed by atoms with Crippen LogP contribution in [0.25, 0.3) is 0 Å². The maximum absolute atomic E-state index is 5.36. The van der Waals surface area contributed by atoms with E-state index in [-0.39, 0.29) is 0 Å². The molecule has 1 N–H and O–H groups in total. The zero-order valence-electron chi connectivity index (χ0n) is 11.4. The Labute approximate surface area is 109 Å². The van der Waals surface area contributed by atoms with E-state index in [4.69, 9.17) is 4.74 Å². The van der Waals surface area contributed by atoms with Gasteiger partial charge >= 0.3 is 0 Å². The first-order chi connectivity index (χ1) is 8.75. The second-order valence-corrected chi connectivity index (χ2v) is 4.94. The van der Waals surface area contributed by atoms with Gasteiger partial charge in [0, 0.05) is 44.1 Å². The SMILES string of the molecule is Cc1ncccc1CNC(C)CN1CCOCC1. The lowest BCUT2D eigenvalue weighted by Crippen LogP contribution is -2.44. The Morgan fingerprint density at radius 2 is 2.22 bits per heavy atom. The Morgan fingerprint density at radius 1 is 1.44 bits per heavy atom. The molecular weight excluding hydrogens is 226 g/mol. The largest absolute Gasteiger partial charge is 0.379 e. The number of nitrogens with one attached hydrogen (secondary N) is 1. The van der Waals surface area contributed by atoms with Gasteiger partial charge in [-0.05, 0) is 25.5 Å². The van der Waals surface area contributed by atoms with Crippen LogP contribution in [0.1, 0.15) is 18.2 Å². The molecule has 1 aliphatic rings. The zero-order chi connectivity index (χ0) is 12.8. The van der Waals surface area contributed by atoms with Gasteiger partial charge in [-0.1, -0.05) is 6.07 Å². The van der Waals surface area contributed by atoms with Gasteiger partial charge in [-0.25, -0.2) is 0 Å². The van der Waals surface area contributed by atoms with Crippen LogP contribution >= 0.6 is 0 Å². The Balaban J connectivity index is 1.74. The van der Waals surface area contributed by atoms with Crippen LogP contribution in [0.4, 0.5) is 0 Å². The third-order valence-electron chi connectivity index (χ3n) is 3.39. The molecular formula is C14H23N3O. The van der Waals surface area contributed by atoms with Gasteiger partial charge < -0.3 is 10.1 Å². The molecule has 1 fully saturated rings. The van der Waals surface area contributed by atoms with Crippen LogP contribution in [-0.2, 0) is 11.3 Å². The predicted octanol–water partition coefficient (Wildman–Crippen LogP) is 1.20. The molecule has 1 aromatic rings. The summed E-state index contributed by atoms with van der Waals surface area (Å²) in [6.07, 6.45) is 1.84. The van der Waals surface area contributed by atoms with Gasteiger partial charge in [-0.3, -0.25) is 9.88 Å². The fourth-order valence-electron chi connectivity index (χ4n) is 2.22. The molecule has 0 aliphatic carbocycles. The molecule has 2 heterocycles. The van der Waals surface area contributed by atoms with Crippen LogP contribution < -0.4 is 5.32 Å². The molecule has 1 saturated heterocycles. The lowest BCUT2D eigenvalue weighted by Gasteiger charge is -2.29. The first kappa shape index (κ1) is 13.5. The van der Waals surface area contributed by atoms with Crippen molar-refractivity contribution in [1.82, 2.24) is 15.2 Å². The number of pyridine rings is 1. The molecule has 0 aromatic carbocycles. The topological polar surface area (TPSA) is 37.4 Å². The smallest absolute Gasteiger partial charge is 0.0594 e. The van der Waals surface area contributed by atoms with E-state index in [9.17, 15) is 0 Å². The zero-order valence-corrected chi connectivity index (χ0v) is 11.4. The molecule has 18 heavy (non-hydrogen) atoms. The van der Waals surface area contributed by atoms with E-state index in [1.165, 1.54) is 5.56 Å². The molecule has 1 unspecified atom stereocenters. The van der Waals surface area contributed by atoms with Gasteiger partial charge in [0.1, 0.15) is 0 Å². The maximum Gasteiger partial charge on any atom is 0.0594 e. The Hall–Kier alpha value is -0.970. The molecule has 100 valence electrons. The number of aryl methyl sites for hydroxylation is 1. The molecule has 1 atom stereocenters. The average molecular weight is 249 g/mol. The number of hydrogen-bond donors (Lipinski definition) is 1. The average Bonchev–Trinajstić information content (AvgIpc) is 2.39. The van der Waals surface area contributed by atoms with Crippen molar-refractivity contribution in [2.45, 2.75) is 26.4 Å². The number of ether oxygens (including phenoxy) is 1. The van der Waals surface area contributed by atoms with E-state index >= 15 is 0 Å². The predicted molar refractivity (Wildman–Crippen MR) is 72.5 cm³/mol. The van der Waals surface area contributed by atoms with E-state index in [1.54, 1.807) is 0 Å². The van der Waals surface area contributed by atoms with Crippen LogP contribution in [-0.4, -0.2) is 48.8 Å². The third-order valence-corrected chi connectivity index (χ3v) is 3.39. The molecule has 0 radical (unpaired) electrons. The van der Waals surface area contributed by atoms with Crippen LogP contribution in [0, 0.1) is 6.92 Å². The highest BCUT2D eigenvalue weighted by molar-refractivity contribution is 5.17. The second kappa shape index (κ2) is 6.83. The minimum Gasteiger partial charge on any atom is -0.379 e. The van der Waals surface area contributed by atoms with E-state index in [0.29, 0.717) is 6.04 Å². The Bertz CT molecular complexity index is 364. The molecule has 2 rings (SSSR count). The summed E-state index contributed by atoms with van der Waals surface area (Å²) in [6.45, 7) is 10.1. The van der Waals surface area contributed by atoms with Crippen molar-refractivity contribution in [3.05, 3.63) is 29.6 Å². The van der Waals surface area contributed by atoms with Gasteiger partial charge in [0.05, 0.1) is 13.2 Å². The summed E-state index contributed by atoms with van der Waals surface area (Å²) >= 11 is 0. The molecule has 0 saturated carbocycles. The van der Waals surface area contributed by atoms with E-state index in [2.05, 4.69) is 35.1 Å². The molecule has 4 heteroatoms. The van der Waals surface area contributed by atoms with Gasteiger partial charge in [0.15, 0.2) is 0 Å². The summed E-state index contributed by atoms with van der Waals surface area (Å²) in [6, 6.07) is 4.62. The quantitative estimate of drug-likeness (QED) is 0.851. The van der Waals surface area contributed by atoms with E-state index < -0.39 is 0 Å². The standard InChI is InChI=1S/C14H23N3O/c1-12(11-17-6-8-18-9-7-17)16-10-14-4-3-5-15-13(14)2/h3-5,12,16H,6-11H2,1-2H3. The lowest BCUT2D eigenvalue weighted by atomic mass is 10.2. The van der Waals surface area contributed by atoms with Crippen molar-refractivity contribution in [1.29, 1.82) is 0 Å². The molecule has 0 bridgehead atoms. The number of nitrogens with zero attached hydrogens (tertiary/aromatic N) is 2. The number of aromatic nitrogens is 1. The van der Waals surface area contributed by atoms with Crippen molar-refractivity contribution in [2.75, 3.05) is 32.8 Å². The monoisotopic (exact) mass is 249 g/mol. The fourth-order valence-corrected chi connectivity index (χ4v) is 2.22. The van der Waals surface area contributed by atoms with Crippen LogP contribution in [0.5, 0.6) is 0 Å². The number of hydrogen-bond acceptors (Lipinski definition) is 4. The van der Waals surface area contributed by atoms with Crippen LogP contribution in [0.3, 0.4) is 0 Å². The van der Waals surface area contributed by atoms with Crippen molar-refractivity contribution < 1.29 is 4.74 Å². The molecule has 1 aliphatic heterocycles. The van der Waals surface area contributed by atoms with Crippen LogP contribution in [0.15, 0.2) is 18.3 Å². The normalized spacial score (nSPS) is 18.8. The molecule has 4 nitrogen and oxygen atoms in total. The van der Waals surface area contributed by atoms with Gasteiger partial charge in [-0.2, -0.15) is 0 Å². The molecule has 0 amide bonds. The maximum atomic E-state index is 5.36. The highest BCUT2D eigenvalue weighted by Gasteiger charge is 2.13. The van der Waals surface area contributed by atoms with E-state index in [0.717, 1.165) is 45.1 Å². The summed E-state index contributed by atoms with van der Waals surface area (Å²) in [4.78, 5) is 6.76. The van der Waals surface area contributed by atoms with Gasteiger partial charge in [-0.15, -0.1) is 0 Å². The first-order valence-electron chi connectivity index (χ1n) is 6.69. The number of rotatable bonds is 5. The second-order valence-electron chi connectivity index (χ2n) is 4.94. The van der Waals surface area contributed by atoms with Crippen molar-refractivity contribution in [3.8, 4) is 0 Å². The minimum atomic E-state index is 0.489. The van der Waals surface area contributed by atoms with Gasteiger partial charge in [0.25, 0.3) is 0 Å². The van der Waals surface area contributed by atoms with Crippen molar-refractivity contribution in [3.63, 3.8) is 0 Å². The lowest BCUT2D eigenvalue weighted by molar-refractivity contribution is 0.0343. The van der Waals surface area contributed by atoms with Crippen LogP contribution in [0.2, 0.25) is 0 Å².